The van der Waals surface area contributed by atoms with Gasteiger partial charge in [0.25, 0.3) is 5.91 Å². The number of anilines is 2. The third-order valence-electron chi connectivity index (χ3n) is 3.06. The van der Waals surface area contributed by atoms with Crippen molar-refractivity contribution >= 4 is 23.0 Å². The molecular formula is C17H13N5O. The second-order valence-electron chi connectivity index (χ2n) is 4.61. The zero-order chi connectivity index (χ0) is 16.7. The van der Waals surface area contributed by atoms with Crippen molar-refractivity contribution in [2.75, 3.05) is 10.7 Å². The number of carbonyl (C=O) groups is 1. The van der Waals surface area contributed by atoms with Crippen molar-refractivity contribution in [3.05, 3.63) is 59.7 Å². The van der Waals surface area contributed by atoms with Gasteiger partial charge in [0, 0.05) is 5.69 Å². The van der Waals surface area contributed by atoms with E-state index >= 15 is 0 Å². The lowest BCUT2D eigenvalue weighted by Gasteiger charge is -2.11. The summed E-state index contributed by atoms with van der Waals surface area (Å²) >= 11 is 0. The van der Waals surface area contributed by atoms with Crippen LogP contribution in [0.2, 0.25) is 0 Å². The molecule has 0 aliphatic heterocycles. The number of para-hydroxylation sites is 2. The first-order chi connectivity index (χ1) is 11.2. The Balaban J connectivity index is 2.25. The Bertz CT molecular complexity index is 827. The Labute approximate surface area is 133 Å². The minimum atomic E-state index is -0.320. The van der Waals surface area contributed by atoms with Gasteiger partial charge in [0.15, 0.2) is 0 Å². The van der Waals surface area contributed by atoms with Gasteiger partial charge in [-0.05, 0) is 30.7 Å². The molecule has 0 aliphatic carbocycles. The number of benzene rings is 2. The normalized spacial score (nSPS) is 9.17. The maximum atomic E-state index is 12.4. The lowest BCUT2D eigenvalue weighted by Crippen LogP contribution is -2.14. The second kappa shape index (κ2) is 7.39. The van der Waals surface area contributed by atoms with Gasteiger partial charge in [0.05, 0.1) is 11.3 Å². The molecule has 2 aromatic rings. The Hall–Kier alpha value is -3.64. The average Bonchev–Trinajstić information content (AvgIpc) is 2.58. The molecule has 6 heteroatoms. The predicted octanol–water partition coefficient (Wildman–Crippen LogP) is 3.06. The number of hydrogen-bond donors (Lipinski definition) is 2. The van der Waals surface area contributed by atoms with E-state index in [1.807, 2.05) is 31.2 Å². The highest BCUT2D eigenvalue weighted by Crippen LogP contribution is 2.19. The van der Waals surface area contributed by atoms with Crippen molar-refractivity contribution in [3.63, 3.8) is 0 Å². The first kappa shape index (κ1) is 15.7. The summed E-state index contributed by atoms with van der Waals surface area (Å²) in [6, 6.07) is 17.4. The Morgan fingerprint density at radius 2 is 1.61 bits per heavy atom. The quantitative estimate of drug-likeness (QED) is 0.669. The summed E-state index contributed by atoms with van der Waals surface area (Å²) in [4.78, 5) is 12.4. The lowest BCUT2D eigenvalue weighted by molar-refractivity contribution is 0.102. The molecule has 0 saturated carbocycles. The molecule has 23 heavy (non-hydrogen) atoms. The van der Waals surface area contributed by atoms with Crippen LogP contribution in [-0.4, -0.2) is 11.6 Å². The minimum Gasteiger partial charge on any atom is -0.322 e. The van der Waals surface area contributed by atoms with Gasteiger partial charge in [-0.2, -0.15) is 15.6 Å². The number of rotatable bonds is 4. The molecule has 2 aromatic carbocycles. The highest BCUT2D eigenvalue weighted by Gasteiger charge is 2.12. The van der Waals surface area contributed by atoms with Crippen LogP contribution in [0.25, 0.3) is 0 Å². The maximum Gasteiger partial charge on any atom is 0.257 e. The summed E-state index contributed by atoms with van der Waals surface area (Å²) in [5, 5.41) is 23.9. The molecule has 6 nitrogen and oxygen atoms in total. The molecular weight excluding hydrogens is 290 g/mol. The summed E-state index contributed by atoms with van der Waals surface area (Å²) in [6.45, 7) is 1.90. The fourth-order valence-electron chi connectivity index (χ4n) is 1.87. The fraction of sp³-hybridized carbons (Fsp3) is 0.0588. The molecule has 2 N–H and O–H groups in total. The van der Waals surface area contributed by atoms with Gasteiger partial charge in [-0.1, -0.05) is 30.3 Å². The van der Waals surface area contributed by atoms with E-state index in [0.29, 0.717) is 16.9 Å². The molecule has 0 aromatic heterocycles. The van der Waals surface area contributed by atoms with E-state index in [9.17, 15) is 4.79 Å². The zero-order valence-corrected chi connectivity index (χ0v) is 12.4. The van der Waals surface area contributed by atoms with Gasteiger partial charge < -0.3 is 5.32 Å². The molecule has 1 amide bonds. The molecule has 0 saturated heterocycles. The van der Waals surface area contributed by atoms with Gasteiger partial charge >= 0.3 is 0 Å². The summed E-state index contributed by atoms with van der Waals surface area (Å²) in [5.41, 5.74) is 4.68. The SMILES string of the molecule is Cc1ccccc1NC(=O)c1ccccc1NN=C(C#N)C#N. The molecule has 0 spiro atoms. The van der Waals surface area contributed by atoms with E-state index in [1.54, 1.807) is 36.4 Å². The maximum absolute atomic E-state index is 12.4. The van der Waals surface area contributed by atoms with Crippen LogP contribution in [0.4, 0.5) is 11.4 Å². The second-order valence-corrected chi connectivity index (χ2v) is 4.61. The van der Waals surface area contributed by atoms with E-state index in [2.05, 4.69) is 15.8 Å². The van der Waals surface area contributed by atoms with Gasteiger partial charge in [-0.15, -0.1) is 0 Å². The topological polar surface area (TPSA) is 101 Å². The number of amides is 1. The monoisotopic (exact) mass is 303 g/mol. The number of hydrogen-bond acceptors (Lipinski definition) is 5. The number of aryl methyl sites for hydroxylation is 1. The van der Waals surface area contributed by atoms with Crippen molar-refractivity contribution in [3.8, 4) is 12.1 Å². The van der Waals surface area contributed by atoms with Crippen molar-refractivity contribution < 1.29 is 4.79 Å². The van der Waals surface area contributed by atoms with Crippen molar-refractivity contribution in [1.29, 1.82) is 10.5 Å². The zero-order valence-electron chi connectivity index (χ0n) is 12.4. The highest BCUT2D eigenvalue weighted by atomic mass is 16.1. The van der Waals surface area contributed by atoms with Gasteiger partial charge in [0.1, 0.15) is 12.1 Å². The van der Waals surface area contributed by atoms with Crippen LogP contribution in [0.15, 0.2) is 53.6 Å². The molecule has 0 radical (unpaired) electrons. The lowest BCUT2D eigenvalue weighted by atomic mass is 10.1. The number of nitrogens with zero attached hydrogens (tertiary/aromatic N) is 3. The predicted molar refractivity (Wildman–Crippen MR) is 87.9 cm³/mol. The van der Waals surface area contributed by atoms with Crippen LogP contribution in [0.5, 0.6) is 0 Å². The van der Waals surface area contributed by atoms with E-state index in [0.717, 1.165) is 5.56 Å². The molecule has 0 heterocycles. The largest absolute Gasteiger partial charge is 0.322 e. The summed E-state index contributed by atoms with van der Waals surface area (Å²) in [7, 11) is 0. The number of carbonyl (C=O) groups excluding carboxylic acids is 1. The van der Waals surface area contributed by atoms with Crippen LogP contribution in [-0.2, 0) is 0 Å². The third-order valence-corrected chi connectivity index (χ3v) is 3.06. The molecule has 112 valence electrons. The highest BCUT2D eigenvalue weighted by molar-refractivity contribution is 6.11. The van der Waals surface area contributed by atoms with E-state index in [4.69, 9.17) is 10.5 Å². The minimum absolute atomic E-state index is 0.312. The smallest absolute Gasteiger partial charge is 0.257 e. The molecule has 0 bridgehead atoms. The van der Waals surface area contributed by atoms with Crippen LogP contribution < -0.4 is 10.7 Å². The van der Waals surface area contributed by atoms with Crippen LogP contribution in [0.3, 0.4) is 0 Å². The number of nitriles is 2. The van der Waals surface area contributed by atoms with Gasteiger partial charge in [-0.3, -0.25) is 10.2 Å². The third kappa shape index (κ3) is 3.93. The van der Waals surface area contributed by atoms with Crippen LogP contribution >= 0.6 is 0 Å². The van der Waals surface area contributed by atoms with E-state index < -0.39 is 0 Å². The molecule has 0 atom stereocenters. The van der Waals surface area contributed by atoms with Crippen molar-refractivity contribution in [2.24, 2.45) is 5.10 Å². The number of hydrazone groups is 1. The van der Waals surface area contributed by atoms with Crippen molar-refractivity contribution in [1.82, 2.24) is 0 Å². The standard InChI is InChI=1S/C17H13N5O/c1-12-6-2-4-8-15(12)20-17(23)14-7-3-5-9-16(14)22-21-13(10-18)11-19/h2-9,22H,1H3,(H,20,23). The first-order valence-electron chi connectivity index (χ1n) is 6.75. The van der Waals surface area contributed by atoms with E-state index in [1.165, 1.54) is 0 Å². The Morgan fingerprint density at radius 1 is 1.00 bits per heavy atom. The Morgan fingerprint density at radius 3 is 2.26 bits per heavy atom. The number of nitrogens with one attached hydrogen (secondary N) is 2. The molecule has 0 aliphatic rings. The first-order valence-corrected chi connectivity index (χ1v) is 6.75. The average molecular weight is 303 g/mol. The van der Waals surface area contributed by atoms with Crippen LogP contribution in [0.1, 0.15) is 15.9 Å². The van der Waals surface area contributed by atoms with Crippen LogP contribution in [0, 0.1) is 29.6 Å². The molecule has 0 fully saturated rings. The molecule has 0 unspecified atom stereocenters. The Kier molecular flexibility index (Phi) is 5.06. The summed E-state index contributed by atoms with van der Waals surface area (Å²) in [5.74, 6) is -0.312. The summed E-state index contributed by atoms with van der Waals surface area (Å²) < 4.78 is 0. The van der Waals surface area contributed by atoms with Gasteiger partial charge in [-0.25, -0.2) is 0 Å². The van der Waals surface area contributed by atoms with E-state index in [-0.39, 0.29) is 11.6 Å². The molecule has 2 rings (SSSR count). The fourth-order valence-corrected chi connectivity index (χ4v) is 1.87. The van der Waals surface area contributed by atoms with Crippen molar-refractivity contribution in [2.45, 2.75) is 6.92 Å². The summed E-state index contributed by atoms with van der Waals surface area (Å²) in [6.07, 6.45) is 0. The van der Waals surface area contributed by atoms with Gasteiger partial charge in [0.2, 0.25) is 5.71 Å².